The number of halogens is 1. The van der Waals surface area contributed by atoms with Crippen LogP contribution in [0.15, 0.2) is 41.2 Å². The van der Waals surface area contributed by atoms with Crippen molar-refractivity contribution in [1.29, 1.82) is 0 Å². The minimum absolute atomic E-state index is 0.234. The van der Waals surface area contributed by atoms with Crippen molar-refractivity contribution < 1.29 is 4.79 Å². The molecule has 1 aliphatic carbocycles. The molecule has 1 fully saturated rings. The van der Waals surface area contributed by atoms with Crippen molar-refractivity contribution in [2.45, 2.75) is 38.3 Å². The van der Waals surface area contributed by atoms with Crippen molar-refractivity contribution in [3.05, 3.63) is 63.0 Å². The van der Waals surface area contributed by atoms with E-state index in [9.17, 15) is 9.59 Å². The van der Waals surface area contributed by atoms with Crippen molar-refractivity contribution in [2.75, 3.05) is 0 Å². The number of benzene rings is 1. The number of amides is 1. The molecule has 23 heavy (non-hydrogen) atoms. The molecule has 120 valence electrons. The fourth-order valence-corrected chi connectivity index (χ4v) is 2.49. The molecule has 1 aromatic carbocycles. The van der Waals surface area contributed by atoms with Crippen molar-refractivity contribution >= 4 is 17.5 Å². The summed E-state index contributed by atoms with van der Waals surface area (Å²) in [5.41, 5.74) is 1.58. The molecule has 0 aliphatic heterocycles. The molecule has 0 radical (unpaired) electrons. The molecule has 1 aromatic heterocycles. The first-order chi connectivity index (χ1) is 11.0. The Kier molecular flexibility index (Phi) is 4.48. The second kappa shape index (κ2) is 6.54. The van der Waals surface area contributed by atoms with Gasteiger partial charge in [-0.15, -0.1) is 0 Å². The van der Waals surface area contributed by atoms with Gasteiger partial charge in [-0.3, -0.25) is 9.59 Å². The molecule has 5 nitrogen and oxygen atoms in total. The summed E-state index contributed by atoms with van der Waals surface area (Å²) < 4.78 is 1.27. The first kappa shape index (κ1) is 15.7. The third-order valence-corrected chi connectivity index (χ3v) is 4.22. The highest BCUT2D eigenvalue weighted by Crippen LogP contribution is 2.38. The molecule has 1 atom stereocenters. The van der Waals surface area contributed by atoms with Crippen LogP contribution in [0.1, 0.15) is 43.0 Å². The molecule has 1 saturated carbocycles. The number of nitrogens with one attached hydrogen (secondary N) is 1. The van der Waals surface area contributed by atoms with Crippen LogP contribution < -0.4 is 10.9 Å². The largest absolute Gasteiger partial charge is 0.350 e. The Hall–Kier alpha value is -2.14. The summed E-state index contributed by atoms with van der Waals surface area (Å²) in [6.45, 7) is 2.07. The fourth-order valence-electron chi connectivity index (χ4n) is 2.36. The molecule has 0 saturated heterocycles. The van der Waals surface area contributed by atoms with Crippen molar-refractivity contribution in [1.82, 2.24) is 15.1 Å². The zero-order valence-electron chi connectivity index (χ0n) is 12.8. The van der Waals surface area contributed by atoms with Gasteiger partial charge in [-0.2, -0.15) is 5.10 Å². The maximum atomic E-state index is 12.3. The first-order valence-electron chi connectivity index (χ1n) is 7.66. The molecular weight excluding hydrogens is 314 g/mol. The zero-order valence-corrected chi connectivity index (χ0v) is 13.6. The molecule has 1 unspecified atom stereocenters. The van der Waals surface area contributed by atoms with Crippen LogP contribution in [0.5, 0.6) is 0 Å². The van der Waals surface area contributed by atoms with Gasteiger partial charge in [0.1, 0.15) is 6.04 Å². The van der Waals surface area contributed by atoms with E-state index in [2.05, 4.69) is 10.4 Å². The molecule has 0 spiro atoms. The van der Waals surface area contributed by atoms with Crippen LogP contribution >= 0.6 is 11.6 Å². The molecule has 1 amide bonds. The van der Waals surface area contributed by atoms with Crippen LogP contribution in [-0.2, 0) is 11.3 Å². The molecule has 1 N–H and O–H groups in total. The number of carbonyl (C=O) groups is 1. The second-order valence-electron chi connectivity index (χ2n) is 5.84. The van der Waals surface area contributed by atoms with E-state index in [0.29, 0.717) is 17.5 Å². The molecule has 1 heterocycles. The van der Waals surface area contributed by atoms with Gasteiger partial charge in [0.05, 0.1) is 5.69 Å². The summed E-state index contributed by atoms with van der Waals surface area (Å²) in [6, 6.07) is 9.86. The summed E-state index contributed by atoms with van der Waals surface area (Å²) in [5, 5.41) is 7.83. The lowest BCUT2D eigenvalue weighted by Crippen LogP contribution is -2.37. The van der Waals surface area contributed by atoms with Gasteiger partial charge in [0.15, 0.2) is 0 Å². The van der Waals surface area contributed by atoms with E-state index >= 15 is 0 Å². The van der Waals surface area contributed by atoms with Crippen LogP contribution in [0, 0.1) is 0 Å². The Morgan fingerprint density at radius 1 is 1.30 bits per heavy atom. The van der Waals surface area contributed by atoms with Crippen molar-refractivity contribution in [3.63, 3.8) is 0 Å². The number of nitrogens with zero attached hydrogens (tertiary/aromatic N) is 2. The van der Waals surface area contributed by atoms with E-state index in [4.69, 9.17) is 11.6 Å². The first-order valence-corrected chi connectivity index (χ1v) is 8.04. The zero-order chi connectivity index (χ0) is 16.4. The van der Waals surface area contributed by atoms with Gasteiger partial charge in [-0.05, 0) is 43.5 Å². The topological polar surface area (TPSA) is 64.0 Å². The normalized spacial score (nSPS) is 15.2. The Balaban J connectivity index is 1.68. The molecule has 6 heteroatoms. The molecular formula is C17H18ClN3O2. The van der Waals surface area contributed by atoms with Gasteiger partial charge >= 0.3 is 0 Å². The summed E-state index contributed by atoms with van der Waals surface area (Å²) in [6.07, 6.45) is 2.20. The van der Waals surface area contributed by atoms with E-state index in [-0.39, 0.29) is 11.5 Å². The van der Waals surface area contributed by atoms with E-state index in [0.717, 1.165) is 24.1 Å². The highest BCUT2D eigenvalue weighted by Gasteiger charge is 2.27. The predicted octanol–water partition coefficient (Wildman–Crippen LogP) is 2.65. The van der Waals surface area contributed by atoms with Crippen LogP contribution in [0.3, 0.4) is 0 Å². The van der Waals surface area contributed by atoms with E-state index in [1.807, 2.05) is 12.1 Å². The van der Waals surface area contributed by atoms with Gasteiger partial charge in [0, 0.05) is 23.6 Å². The average molecular weight is 332 g/mol. The number of carbonyl (C=O) groups excluding carboxylic acids is 1. The third kappa shape index (κ3) is 3.79. The predicted molar refractivity (Wildman–Crippen MR) is 88.5 cm³/mol. The molecule has 1 aliphatic rings. The Labute approximate surface area is 139 Å². The summed E-state index contributed by atoms with van der Waals surface area (Å²) >= 11 is 5.83. The number of hydrogen-bond donors (Lipinski definition) is 1. The number of rotatable bonds is 5. The minimum atomic E-state index is -0.645. The fraction of sp³-hybridized carbons (Fsp3) is 0.353. The molecule has 0 bridgehead atoms. The SMILES string of the molecule is CC(C(=O)NCc1ccc(Cl)cc1)n1nc(C2CC2)ccc1=O. The summed E-state index contributed by atoms with van der Waals surface area (Å²) in [7, 11) is 0. The third-order valence-electron chi connectivity index (χ3n) is 3.97. The maximum Gasteiger partial charge on any atom is 0.267 e. The number of aromatic nitrogens is 2. The minimum Gasteiger partial charge on any atom is -0.350 e. The highest BCUT2D eigenvalue weighted by atomic mass is 35.5. The lowest BCUT2D eigenvalue weighted by molar-refractivity contribution is -0.124. The quantitative estimate of drug-likeness (QED) is 0.916. The van der Waals surface area contributed by atoms with Crippen molar-refractivity contribution in [3.8, 4) is 0 Å². The smallest absolute Gasteiger partial charge is 0.267 e. The summed E-state index contributed by atoms with van der Waals surface area (Å²) in [4.78, 5) is 24.3. The average Bonchev–Trinajstić information content (AvgIpc) is 3.39. The monoisotopic (exact) mass is 331 g/mol. The van der Waals surface area contributed by atoms with E-state index in [1.165, 1.54) is 10.7 Å². The van der Waals surface area contributed by atoms with Crippen LogP contribution in [-0.4, -0.2) is 15.7 Å². The Morgan fingerprint density at radius 2 is 2.00 bits per heavy atom. The maximum absolute atomic E-state index is 12.3. The molecule has 2 aromatic rings. The van der Waals surface area contributed by atoms with Crippen molar-refractivity contribution in [2.24, 2.45) is 0 Å². The Bertz CT molecular complexity index is 766. The number of hydrogen-bond acceptors (Lipinski definition) is 3. The van der Waals surface area contributed by atoms with Crippen LogP contribution in [0.2, 0.25) is 5.02 Å². The van der Waals surface area contributed by atoms with Crippen LogP contribution in [0.25, 0.3) is 0 Å². The van der Waals surface area contributed by atoms with Gasteiger partial charge in [-0.25, -0.2) is 4.68 Å². The Morgan fingerprint density at radius 3 is 2.65 bits per heavy atom. The van der Waals surface area contributed by atoms with E-state index < -0.39 is 6.04 Å². The summed E-state index contributed by atoms with van der Waals surface area (Å²) in [5.74, 6) is 0.202. The lowest BCUT2D eigenvalue weighted by atomic mass is 10.2. The van der Waals surface area contributed by atoms with Gasteiger partial charge in [-0.1, -0.05) is 23.7 Å². The highest BCUT2D eigenvalue weighted by molar-refractivity contribution is 6.30. The van der Waals surface area contributed by atoms with Gasteiger partial charge in [0.2, 0.25) is 5.91 Å². The lowest BCUT2D eigenvalue weighted by Gasteiger charge is -2.15. The second-order valence-corrected chi connectivity index (χ2v) is 6.27. The molecule has 3 rings (SSSR count). The van der Waals surface area contributed by atoms with Crippen LogP contribution in [0.4, 0.5) is 0 Å². The van der Waals surface area contributed by atoms with Gasteiger partial charge in [0.25, 0.3) is 5.56 Å². The van der Waals surface area contributed by atoms with E-state index in [1.54, 1.807) is 25.1 Å². The van der Waals surface area contributed by atoms with Gasteiger partial charge < -0.3 is 5.32 Å². The standard InChI is InChI=1S/C17H18ClN3O2/c1-11(17(23)19-10-12-2-6-14(18)7-3-12)21-16(22)9-8-15(20-21)13-4-5-13/h2-3,6-9,11,13H,4-5,10H2,1H3,(H,19,23).